The van der Waals surface area contributed by atoms with E-state index in [9.17, 15) is 4.79 Å². The van der Waals surface area contributed by atoms with Crippen molar-refractivity contribution in [3.8, 4) is 0 Å². The minimum Gasteiger partial charge on any atom is -0.382 e. The summed E-state index contributed by atoms with van der Waals surface area (Å²) in [4.78, 5) is 23.0. The molecule has 3 N–H and O–H groups in total. The number of aryl methyl sites for hydroxylation is 1. The smallest absolute Gasteiger partial charge is 0.265 e. The molecule has 2 heterocycles. The van der Waals surface area contributed by atoms with Gasteiger partial charge in [0.25, 0.3) is 5.91 Å². The molecule has 0 atom stereocenters. The van der Waals surface area contributed by atoms with Crippen molar-refractivity contribution in [3.63, 3.8) is 0 Å². The van der Waals surface area contributed by atoms with Crippen LogP contribution in [0.1, 0.15) is 27.3 Å². The van der Waals surface area contributed by atoms with Gasteiger partial charge in [0.05, 0.1) is 17.2 Å². The number of nitrogen functional groups attached to an aromatic ring is 1. The summed E-state index contributed by atoms with van der Waals surface area (Å²) in [5.74, 6) is 0.0682. The third-order valence-corrected chi connectivity index (χ3v) is 4.75. The number of carbonyl (C=O) groups is 1. The van der Waals surface area contributed by atoms with Gasteiger partial charge >= 0.3 is 0 Å². The number of carbonyl (C=O) groups excluding carboxylic acids is 1. The van der Waals surface area contributed by atoms with E-state index in [1.165, 1.54) is 11.3 Å². The minimum atomic E-state index is -0.207. The van der Waals surface area contributed by atoms with Crippen molar-refractivity contribution in [2.24, 2.45) is 0 Å². The molecule has 0 aliphatic rings. The van der Waals surface area contributed by atoms with Crippen LogP contribution in [0.15, 0.2) is 5.38 Å². The summed E-state index contributed by atoms with van der Waals surface area (Å²) in [6, 6.07) is 0. The van der Waals surface area contributed by atoms with Gasteiger partial charge in [-0.05, 0) is 13.8 Å². The molecule has 8 heteroatoms. The maximum absolute atomic E-state index is 12.1. The molecule has 0 aliphatic carbocycles. The van der Waals surface area contributed by atoms with Crippen molar-refractivity contribution in [3.05, 3.63) is 21.0 Å². The quantitative estimate of drug-likeness (QED) is 0.880. The van der Waals surface area contributed by atoms with Gasteiger partial charge in [0, 0.05) is 19.0 Å². The molecule has 20 heavy (non-hydrogen) atoms. The van der Waals surface area contributed by atoms with E-state index < -0.39 is 0 Å². The van der Waals surface area contributed by atoms with E-state index in [4.69, 9.17) is 5.73 Å². The van der Waals surface area contributed by atoms with Gasteiger partial charge in [-0.15, -0.1) is 11.3 Å². The zero-order chi connectivity index (χ0) is 14.7. The molecule has 0 radical (unpaired) electrons. The Bertz CT molecular complexity index is 607. The highest BCUT2D eigenvalue weighted by molar-refractivity contribution is 7.18. The van der Waals surface area contributed by atoms with Crippen molar-refractivity contribution in [2.75, 3.05) is 24.2 Å². The zero-order valence-corrected chi connectivity index (χ0v) is 13.3. The molecule has 0 saturated carbocycles. The third kappa shape index (κ3) is 3.26. The van der Waals surface area contributed by atoms with Crippen LogP contribution in [0.25, 0.3) is 0 Å². The number of hydrogen-bond acceptors (Lipinski definition) is 7. The Morgan fingerprint density at radius 1 is 1.50 bits per heavy atom. The van der Waals surface area contributed by atoms with Gasteiger partial charge < -0.3 is 16.0 Å². The molecule has 0 bridgehead atoms. The number of nitrogens with one attached hydrogen (secondary N) is 1. The second-order valence-electron chi connectivity index (χ2n) is 4.27. The van der Waals surface area contributed by atoms with Crippen LogP contribution in [0.2, 0.25) is 0 Å². The Kier molecular flexibility index (Phi) is 4.56. The number of aromatic nitrogens is 2. The number of thiazole rings is 2. The van der Waals surface area contributed by atoms with Crippen LogP contribution in [0.3, 0.4) is 0 Å². The lowest BCUT2D eigenvalue weighted by molar-refractivity contribution is 0.0955. The summed E-state index contributed by atoms with van der Waals surface area (Å²) in [5.41, 5.74) is 6.66. The molecule has 0 saturated heterocycles. The van der Waals surface area contributed by atoms with Gasteiger partial charge in [0.1, 0.15) is 10.7 Å². The first kappa shape index (κ1) is 14.7. The first-order valence-corrected chi connectivity index (χ1v) is 7.87. The summed E-state index contributed by atoms with van der Waals surface area (Å²) in [7, 11) is 1.91. The Morgan fingerprint density at radius 2 is 2.25 bits per heavy atom. The minimum absolute atomic E-state index is 0.207. The molecule has 0 aromatic carbocycles. The van der Waals surface area contributed by atoms with E-state index >= 15 is 0 Å². The number of anilines is 2. The summed E-state index contributed by atoms with van der Waals surface area (Å²) in [5, 5.41) is 6.48. The predicted octanol–water partition coefficient (Wildman–Crippen LogP) is 1.88. The fourth-order valence-corrected chi connectivity index (χ4v) is 3.06. The summed E-state index contributed by atoms with van der Waals surface area (Å²) < 4.78 is 0. The lowest BCUT2D eigenvalue weighted by atomic mass is 10.4. The van der Waals surface area contributed by atoms with E-state index in [1.54, 1.807) is 11.3 Å². The van der Waals surface area contributed by atoms with Gasteiger partial charge in [-0.2, -0.15) is 0 Å². The van der Waals surface area contributed by atoms with Crippen LogP contribution >= 0.6 is 22.7 Å². The lowest BCUT2D eigenvalue weighted by Gasteiger charge is -2.10. The van der Waals surface area contributed by atoms with Crippen LogP contribution < -0.4 is 16.0 Å². The maximum Gasteiger partial charge on any atom is 0.265 e. The van der Waals surface area contributed by atoms with Crippen LogP contribution in [0.5, 0.6) is 0 Å². The monoisotopic (exact) mass is 311 g/mol. The SMILES string of the molecule is CCN(C)c1nc(N)c(C(=O)NCc2csc(C)n2)s1. The van der Waals surface area contributed by atoms with Gasteiger partial charge in [-0.1, -0.05) is 11.3 Å². The van der Waals surface area contributed by atoms with E-state index in [0.717, 1.165) is 22.4 Å². The Balaban J connectivity index is 2.03. The number of amides is 1. The van der Waals surface area contributed by atoms with Crippen molar-refractivity contribution >= 4 is 39.5 Å². The number of hydrogen-bond donors (Lipinski definition) is 2. The summed E-state index contributed by atoms with van der Waals surface area (Å²) >= 11 is 2.86. The summed E-state index contributed by atoms with van der Waals surface area (Å²) in [6.07, 6.45) is 0. The number of rotatable bonds is 5. The molecule has 2 rings (SSSR count). The molecule has 2 aromatic rings. The topological polar surface area (TPSA) is 84.1 Å². The van der Waals surface area contributed by atoms with E-state index in [0.29, 0.717) is 11.4 Å². The van der Waals surface area contributed by atoms with E-state index in [-0.39, 0.29) is 11.7 Å². The second kappa shape index (κ2) is 6.19. The van der Waals surface area contributed by atoms with E-state index in [2.05, 4.69) is 15.3 Å². The molecular weight excluding hydrogens is 294 g/mol. The van der Waals surface area contributed by atoms with E-state index in [1.807, 2.05) is 31.2 Å². The van der Waals surface area contributed by atoms with Crippen LogP contribution in [0.4, 0.5) is 10.9 Å². The maximum atomic E-state index is 12.1. The highest BCUT2D eigenvalue weighted by atomic mass is 32.1. The molecule has 0 unspecified atom stereocenters. The van der Waals surface area contributed by atoms with Crippen LogP contribution in [-0.2, 0) is 6.54 Å². The Morgan fingerprint density at radius 3 is 2.85 bits per heavy atom. The Hall–Kier alpha value is -1.67. The predicted molar refractivity (Wildman–Crippen MR) is 83.5 cm³/mol. The molecular formula is C12H17N5OS2. The van der Waals surface area contributed by atoms with Crippen LogP contribution in [0, 0.1) is 6.92 Å². The second-order valence-corrected chi connectivity index (χ2v) is 6.31. The Labute approximate surface area is 125 Å². The number of nitrogens with two attached hydrogens (primary N) is 1. The standard InChI is InChI=1S/C12H17N5OS2/c1-4-17(3)12-16-10(13)9(20-12)11(18)14-5-8-6-19-7(2)15-8/h6H,4-5,13H2,1-3H3,(H,14,18). The van der Waals surface area contributed by atoms with Crippen molar-refractivity contribution in [1.82, 2.24) is 15.3 Å². The van der Waals surface area contributed by atoms with Gasteiger partial charge in [-0.25, -0.2) is 9.97 Å². The molecule has 2 aromatic heterocycles. The molecule has 0 aliphatic heterocycles. The van der Waals surface area contributed by atoms with Crippen molar-refractivity contribution in [1.29, 1.82) is 0 Å². The molecule has 0 fully saturated rings. The van der Waals surface area contributed by atoms with Crippen molar-refractivity contribution in [2.45, 2.75) is 20.4 Å². The highest BCUT2D eigenvalue weighted by Crippen LogP contribution is 2.27. The normalized spacial score (nSPS) is 10.6. The highest BCUT2D eigenvalue weighted by Gasteiger charge is 2.17. The average molecular weight is 311 g/mol. The average Bonchev–Trinajstić information content (AvgIpc) is 3.01. The van der Waals surface area contributed by atoms with Gasteiger partial charge in [0.2, 0.25) is 0 Å². The first-order valence-electron chi connectivity index (χ1n) is 6.18. The fraction of sp³-hybridized carbons (Fsp3) is 0.417. The van der Waals surface area contributed by atoms with Crippen molar-refractivity contribution < 1.29 is 4.79 Å². The van der Waals surface area contributed by atoms with Gasteiger partial charge in [0.15, 0.2) is 5.13 Å². The third-order valence-electron chi connectivity index (χ3n) is 2.75. The van der Waals surface area contributed by atoms with Crippen LogP contribution in [-0.4, -0.2) is 29.5 Å². The molecule has 1 amide bonds. The largest absolute Gasteiger partial charge is 0.382 e. The number of nitrogens with zero attached hydrogens (tertiary/aromatic N) is 3. The molecule has 0 spiro atoms. The molecule has 108 valence electrons. The molecule has 6 nitrogen and oxygen atoms in total. The summed E-state index contributed by atoms with van der Waals surface area (Å²) in [6.45, 7) is 5.16. The lowest BCUT2D eigenvalue weighted by Crippen LogP contribution is -2.22. The van der Waals surface area contributed by atoms with Gasteiger partial charge in [-0.3, -0.25) is 4.79 Å². The zero-order valence-electron chi connectivity index (χ0n) is 11.6. The first-order chi connectivity index (χ1) is 9.51. The fourth-order valence-electron chi connectivity index (χ4n) is 1.52.